The Morgan fingerprint density at radius 1 is 1.07 bits per heavy atom. The molecule has 0 unspecified atom stereocenters. The van der Waals surface area contributed by atoms with E-state index in [1.807, 2.05) is 12.1 Å². The van der Waals surface area contributed by atoms with Crippen LogP contribution >= 0.6 is 0 Å². The highest BCUT2D eigenvalue weighted by Gasteiger charge is 2.14. The van der Waals surface area contributed by atoms with E-state index in [2.05, 4.69) is 14.9 Å². The third-order valence-corrected chi connectivity index (χ3v) is 4.75. The van der Waals surface area contributed by atoms with Crippen LogP contribution in [0, 0.1) is 0 Å². The Labute approximate surface area is 169 Å². The first-order valence-electron chi connectivity index (χ1n) is 9.52. The van der Waals surface area contributed by atoms with Crippen LogP contribution in [-0.2, 0) is 4.74 Å². The second kappa shape index (κ2) is 8.93. The molecule has 2 N–H and O–H groups in total. The molecule has 0 radical (unpaired) electrons. The Hall–Kier alpha value is -3.10. The van der Waals surface area contributed by atoms with Gasteiger partial charge in [0.1, 0.15) is 18.7 Å². The minimum Gasteiger partial charge on any atom is -0.493 e. The van der Waals surface area contributed by atoms with Crippen LogP contribution in [0.5, 0.6) is 23.1 Å². The van der Waals surface area contributed by atoms with Gasteiger partial charge in [-0.05, 0) is 30.3 Å². The average molecular weight is 396 g/mol. The molecule has 2 heterocycles. The maximum absolute atomic E-state index is 5.99. The smallest absolute Gasteiger partial charge is 0.230 e. The molecule has 0 spiro atoms. The van der Waals surface area contributed by atoms with Crippen molar-refractivity contribution in [1.29, 1.82) is 0 Å². The molecule has 1 saturated heterocycles. The van der Waals surface area contributed by atoms with Crippen LogP contribution in [0.3, 0.4) is 0 Å². The summed E-state index contributed by atoms with van der Waals surface area (Å²) in [4.78, 5) is 10.9. The number of nitrogens with two attached hydrogens (primary N) is 1. The van der Waals surface area contributed by atoms with Crippen molar-refractivity contribution in [2.24, 2.45) is 0 Å². The van der Waals surface area contributed by atoms with Gasteiger partial charge in [0.2, 0.25) is 5.88 Å². The van der Waals surface area contributed by atoms with E-state index in [1.54, 1.807) is 31.4 Å². The van der Waals surface area contributed by atoms with Crippen LogP contribution in [0.25, 0.3) is 10.9 Å². The van der Waals surface area contributed by atoms with Crippen LogP contribution < -0.4 is 19.9 Å². The molecule has 1 aliphatic rings. The van der Waals surface area contributed by atoms with E-state index < -0.39 is 0 Å². The first-order chi connectivity index (χ1) is 14.2. The summed E-state index contributed by atoms with van der Waals surface area (Å²) in [6.07, 6.45) is 1.47. The molecule has 152 valence electrons. The minimum absolute atomic E-state index is 0.443. The maximum atomic E-state index is 5.99. The molecule has 2 aromatic carbocycles. The zero-order chi connectivity index (χ0) is 20.1. The number of nitrogens with zero attached hydrogens (tertiary/aromatic N) is 3. The highest BCUT2D eigenvalue weighted by molar-refractivity contribution is 5.87. The number of aromatic nitrogens is 2. The third-order valence-electron chi connectivity index (χ3n) is 4.75. The molecule has 0 saturated carbocycles. The molecular formula is C21H24N4O4. The van der Waals surface area contributed by atoms with Gasteiger partial charge in [0, 0.05) is 31.4 Å². The molecule has 4 rings (SSSR count). The molecule has 1 fully saturated rings. The van der Waals surface area contributed by atoms with Crippen LogP contribution in [0.1, 0.15) is 0 Å². The average Bonchev–Trinajstić information content (AvgIpc) is 2.76. The van der Waals surface area contributed by atoms with Gasteiger partial charge in [-0.3, -0.25) is 4.90 Å². The normalized spacial score (nSPS) is 14.7. The zero-order valence-corrected chi connectivity index (χ0v) is 16.3. The fourth-order valence-corrected chi connectivity index (χ4v) is 3.15. The lowest BCUT2D eigenvalue weighted by molar-refractivity contribution is 0.0321. The number of methoxy groups -OCH3 is 1. The number of fused-ring (bicyclic) bond motifs is 1. The molecule has 0 aliphatic carbocycles. The third kappa shape index (κ3) is 4.67. The fourth-order valence-electron chi connectivity index (χ4n) is 3.15. The summed E-state index contributed by atoms with van der Waals surface area (Å²) >= 11 is 0. The number of hydrogen-bond acceptors (Lipinski definition) is 8. The predicted molar refractivity (Wildman–Crippen MR) is 110 cm³/mol. The Bertz CT molecular complexity index is 959. The summed E-state index contributed by atoms with van der Waals surface area (Å²) in [6, 6.07) is 10.8. The first-order valence-corrected chi connectivity index (χ1v) is 9.52. The van der Waals surface area contributed by atoms with Crippen molar-refractivity contribution in [3.8, 4) is 23.1 Å². The standard InChI is InChI=1S/C21H24N4O4/c1-26-19-12-17-18(13-20(19)28-11-8-25-6-9-27-10-7-25)23-14-24-21(17)29-16-4-2-15(22)3-5-16/h2-5,12-14H,6-11,22H2,1H3. The quantitative estimate of drug-likeness (QED) is 0.610. The summed E-state index contributed by atoms with van der Waals surface area (Å²) in [5.74, 6) is 2.34. The topological polar surface area (TPSA) is 92.0 Å². The lowest BCUT2D eigenvalue weighted by Gasteiger charge is -2.26. The van der Waals surface area contributed by atoms with E-state index >= 15 is 0 Å². The molecule has 0 amide bonds. The van der Waals surface area contributed by atoms with E-state index in [9.17, 15) is 0 Å². The van der Waals surface area contributed by atoms with Gasteiger partial charge in [0.25, 0.3) is 0 Å². The zero-order valence-electron chi connectivity index (χ0n) is 16.3. The number of benzene rings is 2. The fraction of sp³-hybridized carbons (Fsp3) is 0.333. The van der Waals surface area contributed by atoms with Crippen molar-refractivity contribution in [3.05, 3.63) is 42.7 Å². The van der Waals surface area contributed by atoms with Gasteiger partial charge in [-0.2, -0.15) is 0 Å². The molecular weight excluding hydrogens is 372 g/mol. The Morgan fingerprint density at radius 3 is 2.62 bits per heavy atom. The van der Waals surface area contributed by atoms with Gasteiger partial charge in [-0.25, -0.2) is 9.97 Å². The molecule has 8 heteroatoms. The predicted octanol–water partition coefficient (Wildman–Crippen LogP) is 2.72. The van der Waals surface area contributed by atoms with Gasteiger partial charge < -0.3 is 24.7 Å². The van der Waals surface area contributed by atoms with Crippen molar-refractivity contribution in [3.63, 3.8) is 0 Å². The Morgan fingerprint density at radius 2 is 1.86 bits per heavy atom. The summed E-state index contributed by atoms with van der Waals surface area (Å²) < 4.78 is 22.8. The summed E-state index contributed by atoms with van der Waals surface area (Å²) in [7, 11) is 1.61. The summed E-state index contributed by atoms with van der Waals surface area (Å²) in [5, 5.41) is 0.738. The highest BCUT2D eigenvalue weighted by Crippen LogP contribution is 2.36. The van der Waals surface area contributed by atoms with E-state index in [-0.39, 0.29) is 0 Å². The van der Waals surface area contributed by atoms with Crippen molar-refractivity contribution >= 4 is 16.6 Å². The minimum atomic E-state index is 0.443. The first kappa shape index (κ1) is 19.2. The van der Waals surface area contributed by atoms with Crippen molar-refractivity contribution in [1.82, 2.24) is 14.9 Å². The summed E-state index contributed by atoms with van der Waals surface area (Å²) in [6.45, 7) is 4.79. The highest BCUT2D eigenvalue weighted by atomic mass is 16.5. The Balaban J connectivity index is 1.53. The number of anilines is 1. The molecule has 0 atom stereocenters. The number of nitrogen functional groups attached to an aromatic ring is 1. The molecule has 29 heavy (non-hydrogen) atoms. The second-order valence-electron chi connectivity index (χ2n) is 6.67. The number of hydrogen-bond donors (Lipinski definition) is 1. The monoisotopic (exact) mass is 396 g/mol. The molecule has 1 aromatic heterocycles. The van der Waals surface area contributed by atoms with Crippen LogP contribution in [0.4, 0.5) is 5.69 Å². The maximum Gasteiger partial charge on any atom is 0.230 e. The second-order valence-corrected chi connectivity index (χ2v) is 6.67. The van der Waals surface area contributed by atoms with Crippen LogP contribution in [-0.4, -0.2) is 61.4 Å². The lowest BCUT2D eigenvalue weighted by Crippen LogP contribution is -2.38. The van der Waals surface area contributed by atoms with E-state index in [4.69, 9.17) is 24.7 Å². The molecule has 0 bridgehead atoms. The number of ether oxygens (including phenoxy) is 4. The van der Waals surface area contributed by atoms with Crippen LogP contribution in [0.15, 0.2) is 42.7 Å². The van der Waals surface area contributed by atoms with E-state index in [1.165, 1.54) is 6.33 Å². The van der Waals surface area contributed by atoms with E-state index in [0.717, 1.165) is 38.2 Å². The number of morpholine rings is 1. The number of rotatable bonds is 7. The van der Waals surface area contributed by atoms with Gasteiger partial charge in [-0.15, -0.1) is 0 Å². The van der Waals surface area contributed by atoms with Crippen LogP contribution in [0.2, 0.25) is 0 Å². The SMILES string of the molecule is COc1cc2c(Oc3ccc(N)cc3)ncnc2cc1OCCN1CCOCC1. The summed E-state index contributed by atoms with van der Waals surface area (Å²) in [5.41, 5.74) is 7.12. The molecule has 3 aromatic rings. The largest absolute Gasteiger partial charge is 0.493 e. The Kier molecular flexibility index (Phi) is 5.92. The molecule has 8 nitrogen and oxygen atoms in total. The lowest BCUT2D eigenvalue weighted by atomic mass is 10.2. The van der Waals surface area contributed by atoms with Gasteiger partial charge in [-0.1, -0.05) is 0 Å². The van der Waals surface area contributed by atoms with Gasteiger partial charge >= 0.3 is 0 Å². The van der Waals surface area contributed by atoms with Gasteiger partial charge in [0.15, 0.2) is 11.5 Å². The van der Waals surface area contributed by atoms with E-state index in [0.29, 0.717) is 40.9 Å². The van der Waals surface area contributed by atoms with Crippen molar-refractivity contribution in [2.45, 2.75) is 0 Å². The van der Waals surface area contributed by atoms with Crippen molar-refractivity contribution in [2.75, 3.05) is 52.3 Å². The van der Waals surface area contributed by atoms with Crippen molar-refractivity contribution < 1.29 is 18.9 Å². The van der Waals surface area contributed by atoms with Gasteiger partial charge in [0.05, 0.1) is 31.2 Å². The molecule has 1 aliphatic heterocycles.